The SMILES string of the molecule is COc1ccc(C(N)CN2C(=O)COCC2=O)c(OC)c1. The Balaban J connectivity index is 2.17. The van der Waals surface area contributed by atoms with Gasteiger partial charge in [0.2, 0.25) is 0 Å². The molecule has 7 heteroatoms. The largest absolute Gasteiger partial charge is 0.497 e. The molecular formula is C14H18N2O5. The second-order valence-corrected chi connectivity index (χ2v) is 4.61. The van der Waals surface area contributed by atoms with Crippen LogP contribution < -0.4 is 15.2 Å². The molecule has 0 aromatic heterocycles. The summed E-state index contributed by atoms with van der Waals surface area (Å²) in [6, 6.07) is 4.67. The Morgan fingerprint density at radius 1 is 1.24 bits per heavy atom. The van der Waals surface area contributed by atoms with E-state index in [2.05, 4.69) is 0 Å². The number of ether oxygens (including phenoxy) is 3. The third-order valence-electron chi connectivity index (χ3n) is 3.27. The molecule has 0 bridgehead atoms. The highest BCUT2D eigenvalue weighted by molar-refractivity contribution is 5.98. The minimum absolute atomic E-state index is 0.0870. The summed E-state index contributed by atoms with van der Waals surface area (Å²) in [5.41, 5.74) is 6.81. The minimum Gasteiger partial charge on any atom is -0.497 e. The number of methoxy groups -OCH3 is 2. The normalized spacial score (nSPS) is 16.8. The topological polar surface area (TPSA) is 91.1 Å². The fourth-order valence-electron chi connectivity index (χ4n) is 2.14. The minimum atomic E-state index is -0.545. The van der Waals surface area contributed by atoms with Gasteiger partial charge in [-0.15, -0.1) is 0 Å². The molecule has 1 heterocycles. The number of hydrogen-bond acceptors (Lipinski definition) is 6. The molecule has 2 rings (SSSR count). The monoisotopic (exact) mass is 294 g/mol. The van der Waals surface area contributed by atoms with Gasteiger partial charge in [-0.3, -0.25) is 14.5 Å². The fourth-order valence-corrected chi connectivity index (χ4v) is 2.14. The number of nitrogens with zero attached hydrogens (tertiary/aromatic N) is 1. The van der Waals surface area contributed by atoms with E-state index in [4.69, 9.17) is 19.9 Å². The Morgan fingerprint density at radius 3 is 2.48 bits per heavy atom. The molecule has 1 aliphatic heterocycles. The summed E-state index contributed by atoms with van der Waals surface area (Å²) in [6.07, 6.45) is 0. The van der Waals surface area contributed by atoms with Crippen LogP contribution in [-0.2, 0) is 14.3 Å². The molecule has 1 aromatic carbocycles. The molecule has 1 aromatic rings. The van der Waals surface area contributed by atoms with E-state index in [1.807, 2.05) is 0 Å². The van der Waals surface area contributed by atoms with Crippen LogP contribution in [0.1, 0.15) is 11.6 Å². The number of carbonyl (C=O) groups excluding carboxylic acids is 2. The number of hydrogen-bond donors (Lipinski definition) is 1. The van der Waals surface area contributed by atoms with Crippen molar-refractivity contribution in [1.82, 2.24) is 4.90 Å². The molecule has 1 atom stereocenters. The molecule has 0 aliphatic carbocycles. The predicted molar refractivity (Wildman–Crippen MR) is 74.0 cm³/mol. The van der Waals surface area contributed by atoms with E-state index in [1.54, 1.807) is 25.3 Å². The number of benzene rings is 1. The van der Waals surface area contributed by atoms with Gasteiger partial charge < -0.3 is 19.9 Å². The molecule has 7 nitrogen and oxygen atoms in total. The van der Waals surface area contributed by atoms with Crippen LogP contribution in [0.3, 0.4) is 0 Å². The van der Waals surface area contributed by atoms with Crippen molar-refractivity contribution in [3.63, 3.8) is 0 Å². The van der Waals surface area contributed by atoms with Crippen LogP contribution in [0.2, 0.25) is 0 Å². The first kappa shape index (κ1) is 15.3. The maximum Gasteiger partial charge on any atom is 0.255 e. The van der Waals surface area contributed by atoms with Crippen molar-refractivity contribution in [2.45, 2.75) is 6.04 Å². The highest BCUT2D eigenvalue weighted by Crippen LogP contribution is 2.29. The molecule has 1 aliphatic rings. The van der Waals surface area contributed by atoms with Crippen LogP contribution in [0.25, 0.3) is 0 Å². The second kappa shape index (κ2) is 6.55. The summed E-state index contributed by atoms with van der Waals surface area (Å²) >= 11 is 0. The van der Waals surface area contributed by atoms with Gasteiger partial charge in [-0.25, -0.2) is 0 Å². The van der Waals surface area contributed by atoms with Crippen LogP contribution in [0.5, 0.6) is 11.5 Å². The summed E-state index contributed by atoms with van der Waals surface area (Å²) in [5, 5.41) is 0. The second-order valence-electron chi connectivity index (χ2n) is 4.61. The van der Waals surface area contributed by atoms with Crippen molar-refractivity contribution >= 4 is 11.8 Å². The summed E-state index contributed by atoms with van der Waals surface area (Å²) < 4.78 is 15.3. The Labute approximate surface area is 122 Å². The molecular weight excluding hydrogens is 276 g/mol. The maximum absolute atomic E-state index is 11.7. The maximum atomic E-state index is 11.7. The van der Waals surface area contributed by atoms with Gasteiger partial charge in [-0.1, -0.05) is 6.07 Å². The van der Waals surface area contributed by atoms with E-state index in [-0.39, 0.29) is 31.6 Å². The zero-order valence-electron chi connectivity index (χ0n) is 12.0. The molecule has 0 saturated carbocycles. The molecule has 1 fully saturated rings. The smallest absolute Gasteiger partial charge is 0.255 e. The number of carbonyl (C=O) groups is 2. The van der Waals surface area contributed by atoms with E-state index in [9.17, 15) is 9.59 Å². The Kier molecular flexibility index (Phi) is 4.77. The summed E-state index contributed by atoms with van der Waals surface area (Å²) in [5.74, 6) is 0.430. The van der Waals surface area contributed by atoms with E-state index < -0.39 is 6.04 Å². The zero-order chi connectivity index (χ0) is 15.4. The first-order valence-electron chi connectivity index (χ1n) is 6.45. The van der Waals surface area contributed by atoms with Crippen LogP contribution >= 0.6 is 0 Å². The lowest BCUT2D eigenvalue weighted by molar-refractivity contribution is -0.158. The van der Waals surface area contributed by atoms with Gasteiger partial charge in [0.15, 0.2) is 0 Å². The lowest BCUT2D eigenvalue weighted by Gasteiger charge is -2.28. The molecule has 21 heavy (non-hydrogen) atoms. The standard InChI is InChI=1S/C14H18N2O5/c1-19-9-3-4-10(12(5-9)20-2)11(15)6-16-13(17)7-21-8-14(16)18/h3-5,11H,6-8,15H2,1-2H3. The van der Waals surface area contributed by atoms with Gasteiger partial charge in [-0.05, 0) is 6.07 Å². The molecule has 114 valence electrons. The Hall–Kier alpha value is -2.12. The first-order chi connectivity index (χ1) is 10.1. The van der Waals surface area contributed by atoms with Crippen LogP contribution in [0.15, 0.2) is 18.2 Å². The predicted octanol–water partition coefficient (Wildman–Crippen LogP) is 0.0890. The van der Waals surface area contributed by atoms with Crippen molar-refractivity contribution < 1.29 is 23.8 Å². The van der Waals surface area contributed by atoms with Gasteiger partial charge >= 0.3 is 0 Å². The van der Waals surface area contributed by atoms with Gasteiger partial charge in [-0.2, -0.15) is 0 Å². The van der Waals surface area contributed by atoms with Crippen molar-refractivity contribution in [3.8, 4) is 11.5 Å². The molecule has 1 unspecified atom stereocenters. The summed E-state index contributed by atoms with van der Waals surface area (Å²) in [4.78, 5) is 24.5. The fraction of sp³-hybridized carbons (Fsp3) is 0.429. The third-order valence-corrected chi connectivity index (χ3v) is 3.27. The van der Waals surface area contributed by atoms with Gasteiger partial charge in [0, 0.05) is 18.2 Å². The van der Waals surface area contributed by atoms with Crippen LogP contribution in [0.4, 0.5) is 0 Å². The molecule has 0 spiro atoms. The highest BCUT2D eigenvalue weighted by atomic mass is 16.5. The van der Waals surface area contributed by atoms with Gasteiger partial charge in [0.25, 0.3) is 11.8 Å². The summed E-state index contributed by atoms with van der Waals surface area (Å²) in [6.45, 7) is -0.111. The Morgan fingerprint density at radius 2 is 1.90 bits per heavy atom. The Bertz CT molecular complexity index is 530. The van der Waals surface area contributed by atoms with Gasteiger partial charge in [0.05, 0.1) is 20.3 Å². The number of nitrogens with two attached hydrogens (primary N) is 1. The number of rotatable bonds is 5. The van der Waals surface area contributed by atoms with E-state index in [1.165, 1.54) is 7.11 Å². The van der Waals surface area contributed by atoms with Crippen molar-refractivity contribution in [3.05, 3.63) is 23.8 Å². The third kappa shape index (κ3) is 3.32. The average Bonchev–Trinajstić information content (AvgIpc) is 2.50. The molecule has 2 amide bonds. The van der Waals surface area contributed by atoms with E-state index in [0.717, 1.165) is 4.90 Å². The summed E-state index contributed by atoms with van der Waals surface area (Å²) in [7, 11) is 3.08. The van der Waals surface area contributed by atoms with Crippen LogP contribution in [-0.4, -0.2) is 50.7 Å². The number of morpholine rings is 1. The van der Waals surface area contributed by atoms with E-state index in [0.29, 0.717) is 17.1 Å². The lowest BCUT2D eigenvalue weighted by Crippen LogP contribution is -2.48. The van der Waals surface area contributed by atoms with Crippen molar-refractivity contribution in [2.24, 2.45) is 5.73 Å². The first-order valence-corrected chi connectivity index (χ1v) is 6.45. The lowest BCUT2D eigenvalue weighted by atomic mass is 10.1. The zero-order valence-corrected chi connectivity index (χ0v) is 12.0. The van der Waals surface area contributed by atoms with E-state index >= 15 is 0 Å². The van der Waals surface area contributed by atoms with Gasteiger partial charge in [0.1, 0.15) is 24.7 Å². The molecule has 0 radical (unpaired) electrons. The number of imide groups is 1. The highest BCUT2D eigenvalue weighted by Gasteiger charge is 2.29. The van der Waals surface area contributed by atoms with Crippen LogP contribution in [0, 0.1) is 0 Å². The quantitative estimate of drug-likeness (QED) is 0.774. The molecule has 2 N–H and O–H groups in total. The molecule has 1 saturated heterocycles. The van der Waals surface area contributed by atoms with Crippen molar-refractivity contribution in [1.29, 1.82) is 0 Å². The van der Waals surface area contributed by atoms with Crippen molar-refractivity contribution in [2.75, 3.05) is 34.0 Å². The number of amides is 2. The average molecular weight is 294 g/mol.